The van der Waals surface area contributed by atoms with Crippen LogP contribution in [0.3, 0.4) is 0 Å². The number of carbonyl (C=O) groups excluding carboxylic acids is 2. The molecule has 0 aliphatic carbocycles. The van der Waals surface area contributed by atoms with Crippen molar-refractivity contribution in [3.63, 3.8) is 0 Å². The van der Waals surface area contributed by atoms with Gasteiger partial charge in [0.15, 0.2) is 0 Å². The van der Waals surface area contributed by atoms with E-state index in [2.05, 4.69) is 10.2 Å². The van der Waals surface area contributed by atoms with Crippen LogP contribution in [0.2, 0.25) is 0 Å². The number of hydrogen-bond donors (Lipinski definition) is 1. The first-order valence-electron chi connectivity index (χ1n) is 9.53. The van der Waals surface area contributed by atoms with Gasteiger partial charge in [-0.15, -0.1) is 10.2 Å². The summed E-state index contributed by atoms with van der Waals surface area (Å²) < 4.78 is 0. The Labute approximate surface area is 178 Å². The van der Waals surface area contributed by atoms with Gasteiger partial charge >= 0.3 is 5.91 Å². The number of ketones is 1. The Morgan fingerprint density at radius 3 is 2.27 bits per heavy atom. The van der Waals surface area contributed by atoms with Gasteiger partial charge in [-0.3, -0.25) is 14.5 Å². The first kappa shape index (κ1) is 20.0. The molecule has 1 aliphatic rings. The van der Waals surface area contributed by atoms with Crippen LogP contribution in [0.5, 0.6) is 0 Å². The molecule has 1 N–H and O–H groups in total. The Bertz CT molecular complexity index is 1190. The fourth-order valence-electron chi connectivity index (χ4n) is 3.61. The monoisotopic (exact) mass is 419 g/mol. The lowest BCUT2D eigenvalue weighted by Crippen LogP contribution is -2.29. The van der Waals surface area contributed by atoms with E-state index in [0.29, 0.717) is 15.7 Å². The summed E-state index contributed by atoms with van der Waals surface area (Å²) in [5.41, 5.74) is 4.14. The van der Waals surface area contributed by atoms with Gasteiger partial charge < -0.3 is 5.11 Å². The summed E-state index contributed by atoms with van der Waals surface area (Å²) >= 11 is 1.23. The largest absolute Gasteiger partial charge is 0.507 e. The standard InChI is InChI=1S/C23H21N3O3S/c1-12-6-9-16(10-7-12)19-18(20(27)17-11-13(2)5-8-14(17)3)21(28)22(29)26(19)23-25-24-15(4)30-23/h5-11,19,27H,1-4H3. The van der Waals surface area contributed by atoms with Crippen molar-refractivity contribution in [3.05, 3.63) is 80.9 Å². The van der Waals surface area contributed by atoms with Crippen LogP contribution in [0.4, 0.5) is 5.13 Å². The van der Waals surface area contributed by atoms with Gasteiger partial charge in [-0.25, -0.2) is 0 Å². The number of hydrogen-bond acceptors (Lipinski definition) is 6. The van der Waals surface area contributed by atoms with Crippen LogP contribution in [0.15, 0.2) is 48.0 Å². The summed E-state index contributed by atoms with van der Waals surface area (Å²) in [5, 5.41) is 20.3. The predicted molar refractivity (Wildman–Crippen MR) is 117 cm³/mol. The maximum absolute atomic E-state index is 13.1. The number of aryl methyl sites for hydroxylation is 4. The minimum absolute atomic E-state index is 0.0606. The molecule has 4 rings (SSSR count). The molecular weight excluding hydrogens is 398 g/mol. The van der Waals surface area contributed by atoms with Gasteiger partial charge in [0.05, 0.1) is 11.6 Å². The number of anilines is 1. The van der Waals surface area contributed by atoms with Crippen molar-refractivity contribution in [3.8, 4) is 0 Å². The van der Waals surface area contributed by atoms with Gasteiger partial charge in [-0.1, -0.05) is 58.9 Å². The van der Waals surface area contributed by atoms with Crippen molar-refractivity contribution in [1.29, 1.82) is 0 Å². The zero-order valence-corrected chi connectivity index (χ0v) is 17.9. The fraction of sp³-hybridized carbons (Fsp3) is 0.217. The second-order valence-electron chi connectivity index (χ2n) is 7.50. The van der Waals surface area contributed by atoms with Gasteiger partial charge in [0.25, 0.3) is 5.78 Å². The third-order valence-corrected chi connectivity index (χ3v) is 6.05. The molecule has 0 bridgehead atoms. The highest BCUT2D eigenvalue weighted by Crippen LogP contribution is 2.43. The summed E-state index contributed by atoms with van der Waals surface area (Å²) in [6.07, 6.45) is 0. The predicted octanol–water partition coefficient (Wildman–Crippen LogP) is 4.40. The summed E-state index contributed by atoms with van der Waals surface area (Å²) in [5.74, 6) is -1.63. The summed E-state index contributed by atoms with van der Waals surface area (Å²) in [7, 11) is 0. The normalized spacial score (nSPS) is 18.3. The molecule has 1 aliphatic heterocycles. The van der Waals surface area contributed by atoms with Crippen LogP contribution >= 0.6 is 11.3 Å². The van der Waals surface area contributed by atoms with Crippen LogP contribution in [0, 0.1) is 27.7 Å². The molecule has 30 heavy (non-hydrogen) atoms. The van der Waals surface area contributed by atoms with E-state index in [1.165, 1.54) is 16.2 Å². The molecule has 0 spiro atoms. The van der Waals surface area contributed by atoms with Crippen LogP contribution in [-0.4, -0.2) is 27.0 Å². The van der Waals surface area contributed by atoms with Crippen molar-refractivity contribution in [1.82, 2.24) is 10.2 Å². The molecule has 6 nitrogen and oxygen atoms in total. The van der Waals surface area contributed by atoms with Crippen LogP contribution in [-0.2, 0) is 9.59 Å². The van der Waals surface area contributed by atoms with Crippen molar-refractivity contribution >= 4 is 33.9 Å². The third-order valence-electron chi connectivity index (χ3n) is 5.21. The Morgan fingerprint density at radius 1 is 0.967 bits per heavy atom. The maximum atomic E-state index is 13.1. The molecule has 3 aromatic rings. The molecule has 2 aromatic carbocycles. The van der Waals surface area contributed by atoms with Gasteiger partial charge in [-0.2, -0.15) is 0 Å². The molecule has 0 saturated carbocycles. The Kier molecular flexibility index (Phi) is 4.99. The van der Waals surface area contributed by atoms with Gasteiger partial charge in [0.2, 0.25) is 5.13 Å². The van der Waals surface area contributed by atoms with Gasteiger partial charge in [-0.05, 0) is 44.9 Å². The number of rotatable bonds is 3. The molecule has 1 aromatic heterocycles. The summed E-state index contributed by atoms with van der Waals surface area (Å²) in [6.45, 7) is 7.52. The first-order valence-corrected chi connectivity index (χ1v) is 10.3. The molecule has 1 atom stereocenters. The summed E-state index contributed by atoms with van der Waals surface area (Å²) in [4.78, 5) is 27.5. The SMILES string of the molecule is Cc1ccc(C2C(=C(O)c3cc(C)ccc3C)C(=O)C(=O)N2c2nnc(C)s2)cc1. The highest BCUT2D eigenvalue weighted by molar-refractivity contribution is 7.15. The average molecular weight is 420 g/mol. The highest BCUT2D eigenvalue weighted by atomic mass is 32.1. The lowest BCUT2D eigenvalue weighted by molar-refractivity contribution is -0.132. The molecule has 152 valence electrons. The number of aromatic nitrogens is 2. The topological polar surface area (TPSA) is 83.4 Å². The molecule has 0 radical (unpaired) electrons. The number of aliphatic hydroxyl groups is 1. The van der Waals surface area contributed by atoms with E-state index < -0.39 is 17.7 Å². The molecular formula is C23H21N3O3S. The minimum atomic E-state index is -0.780. The van der Waals surface area contributed by atoms with Crippen LogP contribution in [0.1, 0.15) is 38.9 Å². The zero-order valence-electron chi connectivity index (χ0n) is 17.1. The van der Waals surface area contributed by atoms with E-state index in [0.717, 1.165) is 22.3 Å². The van der Waals surface area contributed by atoms with Crippen molar-refractivity contribution in [2.45, 2.75) is 33.7 Å². The van der Waals surface area contributed by atoms with Gasteiger partial charge in [0, 0.05) is 5.56 Å². The highest BCUT2D eigenvalue weighted by Gasteiger charge is 2.48. The lowest BCUT2D eigenvalue weighted by Gasteiger charge is -2.23. The molecule has 1 fully saturated rings. The van der Waals surface area contributed by atoms with Crippen molar-refractivity contribution in [2.24, 2.45) is 0 Å². The molecule has 1 saturated heterocycles. The van der Waals surface area contributed by atoms with Crippen LogP contribution < -0.4 is 4.90 Å². The number of amides is 1. The van der Waals surface area contributed by atoms with E-state index in [4.69, 9.17) is 0 Å². The quantitative estimate of drug-likeness (QED) is 0.387. The fourth-order valence-corrected chi connectivity index (χ4v) is 4.33. The van der Waals surface area contributed by atoms with Crippen molar-refractivity contribution < 1.29 is 14.7 Å². The third kappa shape index (κ3) is 3.31. The second-order valence-corrected chi connectivity index (χ2v) is 8.66. The number of benzene rings is 2. The maximum Gasteiger partial charge on any atom is 0.301 e. The first-order chi connectivity index (χ1) is 14.3. The van der Waals surface area contributed by atoms with Crippen LogP contribution in [0.25, 0.3) is 5.76 Å². The van der Waals surface area contributed by atoms with E-state index in [1.54, 1.807) is 6.92 Å². The average Bonchev–Trinajstić information content (AvgIpc) is 3.25. The number of aliphatic hydroxyl groups excluding tert-OH is 1. The number of carbonyl (C=O) groups is 2. The van der Waals surface area contributed by atoms with E-state index in [9.17, 15) is 14.7 Å². The van der Waals surface area contributed by atoms with E-state index >= 15 is 0 Å². The molecule has 1 amide bonds. The Morgan fingerprint density at radius 2 is 1.63 bits per heavy atom. The molecule has 2 heterocycles. The summed E-state index contributed by atoms with van der Waals surface area (Å²) in [6, 6.07) is 12.4. The van der Waals surface area contributed by atoms with E-state index in [1.807, 2.05) is 63.2 Å². The number of nitrogens with zero attached hydrogens (tertiary/aromatic N) is 3. The Balaban J connectivity index is 1.97. The van der Waals surface area contributed by atoms with E-state index in [-0.39, 0.29) is 11.3 Å². The second kappa shape index (κ2) is 7.50. The molecule has 7 heteroatoms. The molecule has 1 unspecified atom stereocenters. The lowest BCUT2D eigenvalue weighted by atomic mass is 9.93. The minimum Gasteiger partial charge on any atom is -0.507 e. The zero-order chi connectivity index (χ0) is 21.6. The van der Waals surface area contributed by atoms with Gasteiger partial charge in [0.1, 0.15) is 10.8 Å². The van der Waals surface area contributed by atoms with Crippen molar-refractivity contribution in [2.75, 3.05) is 4.90 Å². The number of Topliss-reactive ketones (excluding diaryl/α,β-unsaturated/α-hetero) is 1. The Hall–Kier alpha value is -3.32. The smallest absolute Gasteiger partial charge is 0.301 e.